The molecule has 0 radical (unpaired) electrons. The smallest absolute Gasteiger partial charge is 0.191 e. The third kappa shape index (κ3) is 6.13. The van der Waals surface area contributed by atoms with Gasteiger partial charge in [-0.2, -0.15) is 0 Å². The molecule has 0 aliphatic carbocycles. The van der Waals surface area contributed by atoms with Gasteiger partial charge >= 0.3 is 0 Å². The summed E-state index contributed by atoms with van der Waals surface area (Å²) in [6, 6.07) is 10.8. The van der Waals surface area contributed by atoms with E-state index in [0.717, 1.165) is 11.0 Å². The molecule has 0 bridgehead atoms. The first kappa shape index (κ1) is 19.9. The van der Waals surface area contributed by atoms with E-state index < -0.39 is 9.84 Å². The van der Waals surface area contributed by atoms with Crippen molar-refractivity contribution < 1.29 is 8.42 Å². The number of nitrogens with one attached hydrogen (secondary N) is 2. The average Bonchev–Trinajstić information content (AvgIpc) is 3.12. The maximum atomic E-state index is 12.3. The molecule has 2 aromatic rings. The Morgan fingerprint density at radius 2 is 1.96 bits per heavy atom. The van der Waals surface area contributed by atoms with E-state index in [1.54, 1.807) is 42.6 Å². The van der Waals surface area contributed by atoms with Gasteiger partial charge in [-0.1, -0.05) is 28.9 Å². The summed E-state index contributed by atoms with van der Waals surface area (Å²) in [5.74, 6) is 0.981. The first-order valence-corrected chi connectivity index (χ1v) is 11.2. The molecule has 1 aromatic carbocycles. The van der Waals surface area contributed by atoms with Gasteiger partial charge in [-0.15, -0.1) is 11.3 Å². The van der Waals surface area contributed by atoms with Gasteiger partial charge in [-0.25, -0.2) is 8.42 Å². The van der Waals surface area contributed by atoms with Crippen LogP contribution in [0.5, 0.6) is 0 Å². The summed E-state index contributed by atoms with van der Waals surface area (Å²) < 4.78 is 25.5. The van der Waals surface area contributed by atoms with Gasteiger partial charge in [0.1, 0.15) is 0 Å². The fourth-order valence-corrected chi connectivity index (χ4v) is 4.41. The van der Waals surface area contributed by atoms with E-state index in [-0.39, 0.29) is 5.75 Å². The van der Waals surface area contributed by atoms with Gasteiger partial charge in [0.05, 0.1) is 10.6 Å². The van der Waals surface area contributed by atoms with Crippen LogP contribution >= 0.6 is 27.3 Å². The second kappa shape index (κ2) is 9.35. The largest absolute Gasteiger partial charge is 0.356 e. The first-order valence-electron chi connectivity index (χ1n) is 7.88. The molecule has 0 saturated carbocycles. The van der Waals surface area contributed by atoms with Gasteiger partial charge in [0.25, 0.3) is 0 Å². The Hall–Kier alpha value is -1.38. The molecule has 25 heavy (non-hydrogen) atoms. The number of hydrogen-bond donors (Lipinski definition) is 2. The molecular weight excluding hydrogens is 422 g/mol. The van der Waals surface area contributed by atoms with Crippen LogP contribution in [0.4, 0.5) is 0 Å². The Bertz CT molecular complexity index is 788. The summed E-state index contributed by atoms with van der Waals surface area (Å²) in [4.78, 5) is 5.77. The lowest BCUT2D eigenvalue weighted by atomic mass is 10.1. The number of sulfone groups is 1. The van der Waals surface area contributed by atoms with E-state index in [0.29, 0.717) is 23.3 Å². The van der Waals surface area contributed by atoms with Crippen molar-refractivity contribution in [3.05, 3.63) is 51.1 Å². The average molecular weight is 444 g/mol. The highest BCUT2D eigenvalue weighted by molar-refractivity contribution is 9.10. The molecule has 136 valence electrons. The van der Waals surface area contributed by atoms with E-state index >= 15 is 0 Å². The number of halogens is 1. The quantitative estimate of drug-likeness (QED) is 0.508. The van der Waals surface area contributed by atoms with Crippen molar-refractivity contribution in [2.24, 2.45) is 4.99 Å². The van der Waals surface area contributed by atoms with Crippen molar-refractivity contribution in [1.82, 2.24) is 10.6 Å². The second-order valence-electron chi connectivity index (χ2n) is 5.57. The maximum absolute atomic E-state index is 12.3. The zero-order valence-electron chi connectivity index (χ0n) is 14.2. The number of rotatable bonds is 7. The van der Waals surface area contributed by atoms with Gasteiger partial charge in [-0.3, -0.25) is 4.99 Å². The van der Waals surface area contributed by atoms with Crippen molar-refractivity contribution in [3.63, 3.8) is 0 Å². The molecule has 0 aliphatic heterocycles. The molecule has 2 N–H and O–H groups in total. The number of thiophene rings is 1. The normalized spacial score (nSPS) is 13.5. The maximum Gasteiger partial charge on any atom is 0.191 e. The number of guanidine groups is 1. The van der Waals surface area contributed by atoms with Crippen molar-refractivity contribution in [2.45, 2.75) is 17.7 Å². The van der Waals surface area contributed by atoms with Crippen LogP contribution in [0.1, 0.15) is 17.7 Å². The highest BCUT2D eigenvalue weighted by Crippen LogP contribution is 2.19. The molecule has 1 aromatic heterocycles. The molecule has 1 heterocycles. The van der Waals surface area contributed by atoms with Crippen LogP contribution in [0.3, 0.4) is 0 Å². The molecule has 0 saturated heterocycles. The van der Waals surface area contributed by atoms with E-state index in [1.807, 2.05) is 6.07 Å². The molecular formula is C17H22BrN3O2S2. The lowest BCUT2D eigenvalue weighted by Crippen LogP contribution is -2.40. The third-order valence-electron chi connectivity index (χ3n) is 3.66. The second-order valence-corrected chi connectivity index (χ2v) is 9.57. The monoisotopic (exact) mass is 443 g/mol. The van der Waals surface area contributed by atoms with Gasteiger partial charge in [-0.05, 0) is 35.7 Å². The summed E-state index contributed by atoms with van der Waals surface area (Å²) in [5.41, 5.74) is 0. The van der Waals surface area contributed by atoms with Gasteiger partial charge in [0.15, 0.2) is 15.8 Å². The minimum atomic E-state index is -3.31. The molecule has 0 aliphatic rings. The Balaban J connectivity index is 1.81. The van der Waals surface area contributed by atoms with Crippen molar-refractivity contribution >= 4 is 43.1 Å². The number of nitrogens with zero attached hydrogens (tertiary/aromatic N) is 1. The molecule has 0 fully saturated rings. The fourth-order valence-electron chi connectivity index (χ4n) is 2.21. The molecule has 0 amide bonds. The van der Waals surface area contributed by atoms with E-state index in [9.17, 15) is 8.42 Å². The van der Waals surface area contributed by atoms with Crippen molar-refractivity contribution in [1.29, 1.82) is 0 Å². The lowest BCUT2D eigenvalue weighted by molar-refractivity contribution is 0.594. The Morgan fingerprint density at radius 3 is 2.56 bits per heavy atom. The summed E-state index contributed by atoms with van der Waals surface area (Å²) >= 11 is 5.03. The molecule has 1 unspecified atom stereocenters. The summed E-state index contributed by atoms with van der Waals surface area (Å²) in [5, 5.41) is 8.36. The zero-order chi connectivity index (χ0) is 18.3. The van der Waals surface area contributed by atoms with Crippen LogP contribution in [0, 0.1) is 0 Å². The molecule has 2 rings (SSSR count). The Morgan fingerprint density at radius 1 is 1.24 bits per heavy atom. The predicted octanol–water partition coefficient (Wildman–Crippen LogP) is 3.25. The van der Waals surface area contributed by atoms with Crippen LogP contribution in [-0.4, -0.2) is 40.3 Å². The minimum Gasteiger partial charge on any atom is -0.356 e. The van der Waals surface area contributed by atoms with Crippen molar-refractivity contribution in [3.8, 4) is 0 Å². The topological polar surface area (TPSA) is 70.6 Å². The summed E-state index contributed by atoms with van der Waals surface area (Å²) in [6.07, 6.45) is 0. The van der Waals surface area contributed by atoms with Crippen LogP contribution in [-0.2, 0) is 9.84 Å². The van der Waals surface area contributed by atoms with Gasteiger partial charge < -0.3 is 10.6 Å². The number of benzene rings is 1. The third-order valence-corrected chi connectivity index (χ3v) is 7.03. The minimum absolute atomic E-state index is 0.00973. The van der Waals surface area contributed by atoms with Gasteiger partial charge in [0.2, 0.25) is 0 Å². The van der Waals surface area contributed by atoms with Crippen LogP contribution in [0.25, 0.3) is 0 Å². The number of aliphatic imine (C=N–C) groups is 1. The predicted molar refractivity (Wildman–Crippen MR) is 108 cm³/mol. The van der Waals surface area contributed by atoms with E-state index in [2.05, 4.69) is 49.9 Å². The first-order chi connectivity index (χ1) is 11.9. The van der Waals surface area contributed by atoms with Crippen LogP contribution in [0.2, 0.25) is 0 Å². The molecule has 1 atom stereocenters. The standard InChI is InChI=1S/C17H22BrN3O2S2/c1-13(16-4-3-10-24-16)12-21-17(19-2)20-9-11-25(22,23)15-7-5-14(18)6-8-15/h3-8,10,13H,9,11-12H2,1-2H3,(H2,19,20,21). The molecule has 0 spiro atoms. The molecule has 5 nitrogen and oxygen atoms in total. The highest BCUT2D eigenvalue weighted by atomic mass is 79.9. The summed E-state index contributed by atoms with van der Waals surface area (Å²) in [6.45, 7) is 3.18. The van der Waals surface area contributed by atoms with Gasteiger partial charge in [0, 0.05) is 35.4 Å². The lowest BCUT2D eigenvalue weighted by Gasteiger charge is -2.15. The van der Waals surface area contributed by atoms with Crippen molar-refractivity contribution in [2.75, 3.05) is 25.9 Å². The molecule has 8 heteroatoms. The van der Waals surface area contributed by atoms with Crippen LogP contribution < -0.4 is 10.6 Å². The SMILES string of the molecule is CN=C(NCCS(=O)(=O)c1ccc(Br)cc1)NCC(C)c1cccs1. The van der Waals surface area contributed by atoms with E-state index in [1.165, 1.54) is 4.88 Å². The summed E-state index contributed by atoms with van der Waals surface area (Å²) in [7, 11) is -1.64. The highest BCUT2D eigenvalue weighted by Gasteiger charge is 2.14. The van der Waals surface area contributed by atoms with E-state index in [4.69, 9.17) is 0 Å². The Labute approximate surface area is 161 Å². The van der Waals surface area contributed by atoms with Crippen LogP contribution in [0.15, 0.2) is 56.1 Å². The zero-order valence-corrected chi connectivity index (χ0v) is 17.4. The Kier molecular flexibility index (Phi) is 7.46. The number of hydrogen-bond acceptors (Lipinski definition) is 4. The fraction of sp³-hybridized carbons (Fsp3) is 0.353.